The van der Waals surface area contributed by atoms with Gasteiger partial charge < -0.3 is 46.2 Å². The highest BCUT2D eigenvalue weighted by Gasteiger charge is 2.31. The monoisotopic (exact) mass is 1890 g/mol. The second kappa shape index (κ2) is 44.0. The molecular weight excluding hydrogens is 1800 g/mol. The number of hydrogen-bond acceptors (Lipinski definition) is 30. The fourth-order valence-electron chi connectivity index (χ4n) is 16.4. The summed E-state index contributed by atoms with van der Waals surface area (Å²) in [5, 5.41) is 40.7. The quantitative estimate of drug-likeness (QED) is 0.0393. The largest absolute Gasteiger partial charge is 0.396 e. The summed E-state index contributed by atoms with van der Waals surface area (Å²) in [6, 6.07) is 72.2. The molecule has 4 aromatic carbocycles. The van der Waals surface area contributed by atoms with E-state index in [1.54, 1.807) is 94.6 Å². The Morgan fingerprint density at radius 2 is 0.743 bits per heavy atom. The molecule has 27 nitrogen and oxygen atoms in total. The minimum absolute atomic E-state index is 0.0649. The average Bonchev–Trinajstić information content (AvgIpc) is 1.60. The van der Waals surface area contributed by atoms with Crippen LogP contribution in [0.1, 0.15) is 58.8 Å². The van der Waals surface area contributed by atoms with Crippen molar-refractivity contribution in [3.8, 4) is 102 Å². The SMILES string of the molecule is CC(=O)N1CCN(c2nc(-c3ccccn3)nc3scc(-c4ccccc4)c23)CC1.CC(CCCO)Nc1nc(-c2ccccn2)nc2sccc12.NC(=O)C1CCN(c2nc(-c3ccccn3)nc3scc(-c4ccccc4)c23)CC1.O=C1CCN(c2nc(-c3ccccn3)nc3scc(-c4ccccc4)c23)CC1.OCCCNc1nc(-c2ccccn2)nc2scc(-c3ccccc3)c12. The molecule has 3 aliphatic heterocycles. The molecule has 136 heavy (non-hydrogen) atoms. The number of pyridine rings is 5. The zero-order valence-electron chi connectivity index (χ0n) is 74.7. The van der Waals surface area contributed by atoms with Crippen LogP contribution in [0.25, 0.3) is 153 Å². The minimum atomic E-state index is -0.211. The predicted octanol–water partition coefficient (Wildman–Crippen LogP) is 20.3. The lowest BCUT2D eigenvalue weighted by Crippen LogP contribution is -2.48. The average molecular weight is 1890 g/mol. The summed E-state index contributed by atoms with van der Waals surface area (Å²) in [7, 11) is 0. The summed E-state index contributed by atoms with van der Waals surface area (Å²) in [4.78, 5) is 119. The third kappa shape index (κ3) is 21.6. The number of primary amides is 1. The van der Waals surface area contributed by atoms with E-state index in [0.29, 0.717) is 86.9 Å². The van der Waals surface area contributed by atoms with Crippen LogP contribution in [0.5, 0.6) is 0 Å². The molecule has 18 heterocycles. The summed E-state index contributed by atoms with van der Waals surface area (Å²) in [5.74, 6) is 7.62. The first-order valence-electron chi connectivity index (χ1n) is 45.1. The van der Waals surface area contributed by atoms with Crippen molar-refractivity contribution in [2.75, 3.05) is 97.4 Å². The Labute approximate surface area is 805 Å². The maximum absolute atomic E-state index is 11.8. The highest BCUT2D eigenvalue weighted by Crippen LogP contribution is 2.45. The number of anilines is 5. The number of aliphatic hydroxyl groups is 2. The van der Waals surface area contributed by atoms with Crippen LogP contribution in [0.3, 0.4) is 0 Å². The van der Waals surface area contributed by atoms with Gasteiger partial charge in [0.15, 0.2) is 29.1 Å². The predicted molar refractivity (Wildman–Crippen MR) is 550 cm³/mol. The molecule has 1 atom stereocenters. The van der Waals surface area contributed by atoms with Crippen molar-refractivity contribution < 1.29 is 24.6 Å². The number of nitrogens with one attached hydrogen (secondary N) is 2. The number of piperidine rings is 2. The third-order valence-electron chi connectivity index (χ3n) is 23.5. The Hall–Kier alpha value is -14.6. The molecule has 682 valence electrons. The number of Topliss-reactive ketones (excluding diaryl/α,β-unsaturated/α-hetero) is 1. The lowest BCUT2D eigenvalue weighted by molar-refractivity contribution is -0.129. The van der Waals surface area contributed by atoms with Crippen molar-refractivity contribution in [1.82, 2.24) is 79.7 Å². The molecule has 22 rings (SSSR count). The van der Waals surface area contributed by atoms with Gasteiger partial charge in [-0.1, -0.05) is 152 Å². The summed E-state index contributed by atoms with van der Waals surface area (Å²) < 4.78 is 0. The molecule has 3 fully saturated rings. The first-order chi connectivity index (χ1) is 66.8. The lowest BCUT2D eigenvalue weighted by atomic mass is 9.96. The molecule has 0 spiro atoms. The molecule has 32 heteroatoms. The van der Waals surface area contributed by atoms with Gasteiger partial charge in [0.1, 0.15) is 87.5 Å². The Morgan fingerprint density at radius 3 is 1.11 bits per heavy atom. The molecule has 0 radical (unpaired) electrons. The fourth-order valence-corrected chi connectivity index (χ4v) is 21.0. The van der Waals surface area contributed by atoms with Crippen LogP contribution in [-0.4, -0.2) is 186 Å². The second-order valence-corrected chi connectivity index (χ2v) is 36.8. The third-order valence-corrected chi connectivity index (χ3v) is 27.8. The summed E-state index contributed by atoms with van der Waals surface area (Å²) in [6.07, 6.45) is 13.7. The number of nitrogens with two attached hydrogens (primary N) is 1. The van der Waals surface area contributed by atoms with Crippen molar-refractivity contribution >= 4 is 154 Å². The summed E-state index contributed by atoms with van der Waals surface area (Å²) in [5.41, 5.74) is 18.4. The number of amides is 2. The Kier molecular flexibility index (Phi) is 29.7. The molecule has 15 aromatic heterocycles. The zero-order valence-corrected chi connectivity index (χ0v) is 78.8. The van der Waals surface area contributed by atoms with Gasteiger partial charge in [-0.15, -0.1) is 56.7 Å². The van der Waals surface area contributed by atoms with Gasteiger partial charge in [-0.25, -0.2) is 49.8 Å². The van der Waals surface area contributed by atoms with Crippen molar-refractivity contribution in [1.29, 1.82) is 0 Å². The van der Waals surface area contributed by atoms with E-state index in [-0.39, 0.29) is 37.0 Å². The van der Waals surface area contributed by atoms with Crippen molar-refractivity contribution in [2.24, 2.45) is 11.7 Å². The maximum Gasteiger partial charge on any atom is 0.220 e. The number of aliphatic hydroxyl groups excluding tert-OH is 2. The van der Waals surface area contributed by atoms with Crippen molar-refractivity contribution in [3.05, 3.63) is 276 Å². The molecule has 6 N–H and O–H groups in total. The van der Waals surface area contributed by atoms with Crippen LogP contribution >= 0.6 is 56.7 Å². The zero-order chi connectivity index (χ0) is 93.1. The van der Waals surface area contributed by atoms with Crippen LogP contribution in [0.15, 0.2) is 276 Å². The molecule has 0 saturated carbocycles. The number of aromatic nitrogens is 15. The van der Waals surface area contributed by atoms with Gasteiger partial charge in [0.25, 0.3) is 0 Å². The normalized spacial score (nSPS) is 13.5. The van der Waals surface area contributed by atoms with E-state index in [9.17, 15) is 14.4 Å². The first kappa shape index (κ1) is 91.8. The van der Waals surface area contributed by atoms with Crippen molar-refractivity contribution in [3.63, 3.8) is 0 Å². The van der Waals surface area contributed by atoms with Gasteiger partial charge in [-0.2, -0.15) is 0 Å². The van der Waals surface area contributed by atoms with Crippen LogP contribution in [0.4, 0.5) is 29.1 Å². The number of ketones is 1. The van der Waals surface area contributed by atoms with E-state index < -0.39 is 0 Å². The smallest absolute Gasteiger partial charge is 0.220 e. The van der Waals surface area contributed by atoms with Gasteiger partial charge >= 0.3 is 0 Å². The number of benzene rings is 4. The van der Waals surface area contributed by atoms with E-state index in [2.05, 4.69) is 137 Å². The molecule has 3 aliphatic rings. The van der Waals surface area contributed by atoms with E-state index in [0.717, 1.165) is 205 Å². The molecule has 3 saturated heterocycles. The summed E-state index contributed by atoms with van der Waals surface area (Å²) in [6.45, 7) is 10.5. The van der Waals surface area contributed by atoms with E-state index >= 15 is 0 Å². The maximum atomic E-state index is 11.8. The van der Waals surface area contributed by atoms with Crippen LogP contribution < -0.4 is 31.1 Å². The Bertz CT molecular complexity index is 7050. The van der Waals surface area contributed by atoms with Gasteiger partial charge in [0.05, 0.1) is 26.9 Å². The van der Waals surface area contributed by atoms with Gasteiger partial charge in [-0.3, -0.25) is 39.3 Å². The Balaban J connectivity index is 0.000000114. The van der Waals surface area contributed by atoms with Gasteiger partial charge in [0.2, 0.25) is 11.8 Å². The van der Waals surface area contributed by atoms with Gasteiger partial charge in [0, 0.05) is 179 Å². The number of carbonyl (C=O) groups excluding carboxylic acids is 3. The molecule has 19 aromatic rings. The molecule has 0 bridgehead atoms. The number of rotatable bonds is 22. The van der Waals surface area contributed by atoms with E-state index in [1.807, 2.05) is 180 Å². The lowest BCUT2D eigenvalue weighted by Gasteiger charge is -2.35. The molecule has 0 aliphatic carbocycles. The Morgan fingerprint density at radius 1 is 0.397 bits per heavy atom. The molecule has 1 unspecified atom stereocenters. The van der Waals surface area contributed by atoms with Gasteiger partial charge in [-0.05, 0) is 133 Å². The van der Waals surface area contributed by atoms with Crippen LogP contribution in [-0.2, 0) is 14.4 Å². The highest BCUT2D eigenvalue weighted by molar-refractivity contribution is 7.18. The molecular formula is C104H96N22O5S5. The fraction of sp³-hybridized carbons (Fsp3) is 0.212. The topological polar surface area (TPSA) is 348 Å². The number of nitrogens with zero attached hydrogens (tertiary/aromatic N) is 19. The van der Waals surface area contributed by atoms with Crippen molar-refractivity contribution in [2.45, 2.75) is 64.8 Å². The molecule has 2 amide bonds. The summed E-state index contributed by atoms with van der Waals surface area (Å²) >= 11 is 8.08. The van der Waals surface area contributed by atoms with E-state index in [4.69, 9.17) is 55.8 Å². The van der Waals surface area contributed by atoms with Crippen LogP contribution in [0.2, 0.25) is 0 Å². The minimum Gasteiger partial charge on any atom is -0.396 e. The highest BCUT2D eigenvalue weighted by atomic mass is 32.1. The number of fused-ring (bicyclic) bond motifs is 5. The number of carbonyl (C=O) groups is 3. The van der Waals surface area contributed by atoms with Crippen LogP contribution in [0, 0.1) is 5.92 Å². The second-order valence-electron chi connectivity index (χ2n) is 32.5. The first-order valence-corrected chi connectivity index (χ1v) is 49.5. The number of piperazine rings is 1. The van der Waals surface area contributed by atoms with E-state index in [1.165, 1.54) is 0 Å². The number of hydrogen-bond donors (Lipinski definition) is 5. The standard InChI is InChI=1S/2C23H21N5OS.C22H18N4OS.C20H18N4OS.C16H18N4OS/c1-16(29)27-11-13-28(14-12-27)22-20-18(17-7-3-2-4-8-17)15-30-23(20)26-21(25-22)19-9-5-6-10-24-19;24-20(29)16-9-12-28(13-10-16)22-19-17(15-6-2-1-3-7-15)14-30-23(19)27-21(26-22)18-8-4-5-11-25-18;27-16-9-12-26(13-10-16)21-19-17(15-6-2-1-3-7-15)14-28-22(19)25-20(24-21)18-8-4-5-11-23-18;25-12-6-11-22-19-17-15(14-7-2-1-3-8-14)13-26-20(17)24-18(23-19)16-9-4-5-10-21-16;1-11(5-4-9-21)18-14-12-7-10-22-16(12)20-15(19-14)13-6-2-3-8-17-13/h2-10,15H,11-14H2,1H3;1-8,11,14,16H,9-10,12-13H2,(H2,24,29);1-8,11,14H,9-10,12-13H2;1-5,7-10,13,25H,6,11-12H2,(H,22,23,24);2-3,6-8,10-11,21H,4-5,9H2,1H3,(H,18,19,20). The number of thiophene rings is 5.